The first-order chi connectivity index (χ1) is 12.9. The Morgan fingerprint density at radius 3 is 2.67 bits per heavy atom. The number of benzene rings is 1. The third kappa shape index (κ3) is 4.69. The van der Waals surface area contributed by atoms with Gasteiger partial charge >= 0.3 is 5.97 Å². The van der Waals surface area contributed by atoms with Crippen molar-refractivity contribution < 1.29 is 19.8 Å². The highest BCUT2D eigenvalue weighted by Gasteiger charge is 2.22. The quantitative estimate of drug-likeness (QED) is 0.534. The number of halogens is 1. The smallest absolute Gasteiger partial charge is 0.330 e. The molecule has 7 nitrogen and oxygen atoms in total. The molecule has 138 valence electrons. The summed E-state index contributed by atoms with van der Waals surface area (Å²) in [6.07, 6.45) is 1.46. The third-order valence-corrected chi connectivity index (χ3v) is 4.95. The first kappa shape index (κ1) is 19.0. The zero-order chi connectivity index (χ0) is 19.4. The maximum atomic E-state index is 12.3. The Morgan fingerprint density at radius 1 is 1.26 bits per heavy atom. The van der Waals surface area contributed by atoms with Crippen molar-refractivity contribution in [2.24, 2.45) is 0 Å². The second-order valence-corrected chi connectivity index (χ2v) is 7.37. The predicted octanol–water partition coefficient (Wildman–Crippen LogP) is 3.16. The number of pyridine rings is 1. The zero-order valence-electron chi connectivity index (χ0n) is 13.8. The second-order valence-electron chi connectivity index (χ2n) is 5.59. The molecule has 0 bridgehead atoms. The van der Waals surface area contributed by atoms with Crippen LogP contribution in [0.15, 0.2) is 52.4 Å². The van der Waals surface area contributed by atoms with Crippen LogP contribution < -0.4 is 5.32 Å². The summed E-state index contributed by atoms with van der Waals surface area (Å²) in [5.41, 5.74) is 1.28. The van der Waals surface area contributed by atoms with E-state index in [0.717, 1.165) is 0 Å². The molecule has 0 saturated heterocycles. The summed E-state index contributed by atoms with van der Waals surface area (Å²) >= 11 is 4.46. The molecule has 0 aliphatic rings. The van der Waals surface area contributed by atoms with Crippen molar-refractivity contribution in [3.8, 4) is 16.5 Å². The molecule has 3 aromatic rings. The van der Waals surface area contributed by atoms with Crippen LogP contribution in [0.2, 0.25) is 0 Å². The number of carboxylic acid groups (broad SMARTS) is 1. The standard InChI is InChI=1S/C18H14BrN3O4S/c19-11-6-13(23)16(20-8-11)17-21-12(9-27-17)7-14(24)22-15(18(25)26)10-4-2-1-3-5-10/h1-6,8-9,15,23H,7H2,(H,22,24)(H,25,26). The van der Waals surface area contributed by atoms with Gasteiger partial charge in [0.25, 0.3) is 0 Å². The Kier molecular flexibility index (Phi) is 5.82. The van der Waals surface area contributed by atoms with Gasteiger partial charge in [0.15, 0.2) is 6.04 Å². The lowest BCUT2D eigenvalue weighted by molar-refractivity contribution is -0.142. The number of nitrogens with zero attached hydrogens (tertiary/aromatic N) is 2. The van der Waals surface area contributed by atoms with Crippen molar-refractivity contribution >= 4 is 39.1 Å². The van der Waals surface area contributed by atoms with Gasteiger partial charge in [-0.05, 0) is 27.6 Å². The van der Waals surface area contributed by atoms with E-state index in [1.165, 1.54) is 17.4 Å². The van der Waals surface area contributed by atoms with Gasteiger partial charge in [0.2, 0.25) is 5.91 Å². The van der Waals surface area contributed by atoms with Crippen LogP contribution in [0.25, 0.3) is 10.7 Å². The highest BCUT2D eigenvalue weighted by atomic mass is 79.9. The number of amides is 1. The molecular formula is C18H14BrN3O4S. The molecule has 0 aliphatic carbocycles. The SMILES string of the molecule is O=C(Cc1csc(-c2ncc(Br)cc2O)n1)NC(C(=O)O)c1ccccc1. The van der Waals surface area contributed by atoms with Gasteiger partial charge in [-0.15, -0.1) is 11.3 Å². The monoisotopic (exact) mass is 447 g/mol. The van der Waals surface area contributed by atoms with Crippen molar-refractivity contribution in [3.63, 3.8) is 0 Å². The molecule has 0 fully saturated rings. The molecule has 0 saturated carbocycles. The Hall–Kier alpha value is -2.78. The summed E-state index contributed by atoms with van der Waals surface area (Å²) in [6.45, 7) is 0. The van der Waals surface area contributed by atoms with Crippen LogP contribution >= 0.6 is 27.3 Å². The van der Waals surface area contributed by atoms with Gasteiger partial charge in [0.05, 0.1) is 12.1 Å². The molecule has 3 N–H and O–H groups in total. The fourth-order valence-electron chi connectivity index (χ4n) is 2.40. The molecule has 1 atom stereocenters. The number of hydrogen-bond donors (Lipinski definition) is 3. The lowest BCUT2D eigenvalue weighted by Crippen LogP contribution is -2.34. The Morgan fingerprint density at radius 2 is 2.00 bits per heavy atom. The van der Waals surface area contributed by atoms with Crippen LogP contribution in [-0.4, -0.2) is 32.1 Å². The minimum Gasteiger partial charge on any atom is -0.506 e. The average molecular weight is 448 g/mol. The highest BCUT2D eigenvalue weighted by Crippen LogP contribution is 2.31. The van der Waals surface area contributed by atoms with Crippen molar-refractivity contribution in [2.45, 2.75) is 12.5 Å². The molecule has 1 unspecified atom stereocenters. The van der Waals surface area contributed by atoms with E-state index in [4.69, 9.17) is 0 Å². The van der Waals surface area contributed by atoms with Gasteiger partial charge in [0.1, 0.15) is 16.5 Å². The molecule has 1 amide bonds. The number of carboxylic acids is 1. The average Bonchev–Trinajstić information content (AvgIpc) is 3.08. The van der Waals surface area contributed by atoms with E-state index in [-0.39, 0.29) is 12.2 Å². The number of carbonyl (C=O) groups is 2. The van der Waals surface area contributed by atoms with Gasteiger partial charge in [-0.3, -0.25) is 4.79 Å². The number of nitrogens with one attached hydrogen (secondary N) is 1. The fourth-order valence-corrected chi connectivity index (χ4v) is 3.54. The van der Waals surface area contributed by atoms with E-state index in [9.17, 15) is 19.8 Å². The Bertz CT molecular complexity index is 978. The number of aliphatic carboxylic acids is 1. The minimum atomic E-state index is -1.14. The first-order valence-electron chi connectivity index (χ1n) is 7.80. The van der Waals surface area contributed by atoms with Crippen LogP contribution in [0, 0.1) is 0 Å². The van der Waals surface area contributed by atoms with E-state index in [0.29, 0.717) is 26.4 Å². The van der Waals surface area contributed by atoms with Crippen molar-refractivity contribution in [2.75, 3.05) is 0 Å². The molecular weight excluding hydrogens is 434 g/mol. The van der Waals surface area contributed by atoms with Crippen molar-refractivity contribution in [3.05, 3.63) is 63.7 Å². The van der Waals surface area contributed by atoms with E-state index >= 15 is 0 Å². The zero-order valence-corrected chi connectivity index (χ0v) is 16.2. The van der Waals surface area contributed by atoms with Gasteiger partial charge in [0, 0.05) is 16.0 Å². The Balaban J connectivity index is 1.71. The molecule has 9 heteroatoms. The van der Waals surface area contributed by atoms with Gasteiger partial charge < -0.3 is 15.5 Å². The van der Waals surface area contributed by atoms with E-state index < -0.39 is 17.9 Å². The van der Waals surface area contributed by atoms with Crippen LogP contribution in [0.4, 0.5) is 0 Å². The summed E-state index contributed by atoms with van der Waals surface area (Å²) in [5.74, 6) is -1.63. The summed E-state index contributed by atoms with van der Waals surface area (Å²) < 4.78 is 0.639. The maximum Gasteiger partial charge on any atom is 0.330 e. The van der Waals surface area contributed by atoms with Crippen LogP contribution in [0.5, 0.6) is 5.75 Å². The highest BCUT2D eigenvalue weighted by molar-refractivity contribution is 9.10. The number of rotatable bonds is 6. The lowest BCUT2D eigenvalue weighted by Gasteiger charge is -2.14. The largest absolute Gasteiger partial charge is 0.506 e. The maximum absolute atomic E-state index is 12.3. The summed E-state index contributed by atoms with van der Waals surface area (Å²) in [4.78, 5) is 32.2. The molecule has 3 rings (SSSR count). The molecule has 0 aliphatic heterocycles. The third-order valence-electron chi connectivity index (χ3n) is 3.62. The molecule has 27 heavy (non-hydrogen) atoms. The number of aromatic nitrogens is 2. The van der Waals surface area contributed by atoms with Gasteiger partial charge in [-0.1, -0.05) is 30.3 Å². The lowest BCUT2D eigenvalue weighted by atomic mass is 10.1. The topological polar surface area (TPSA) is 112 Å². The van der Waals surface area contributed by atoms with Crippen LogP contribution in [0.3, 0.4) is 0 Å². The van der Waals surface area contributed by atoms with E-state index in [1.807, 2.05) is 0 Å². The molecule has 0 radical (unpaired) electrons. The first-order valence-corrected chi connectivity index (χ1v) is 9.47. The fraction of sp³-hybridized carbons (Fsp3) is 0.111. The predicted molar refractivity (Wildman–Crippen MR) is 103 cm³/mol. The van der Waals surface area contributed by atoms with Gasteiger partial charge in [-0.25, -0.2) is 14.8 Å². The molecule has 2 heterocycles. The molecule has 2 aromatic heterocycles. The summed E-state index contributed by atoms with van der Waals surface area (Å²) in [5, 5.41) is 24.0. The van der Waals surface area contributed by atoms with Crippen LogP contribution in [-0.2, 0) is 16.0 Å². The van der Waals surface area contributed by atoms with Crippen molar-refractivity contribution in [1.29, 1.82) is 0 Å². The normalized spacial score (nSPS) is 11.7. The van der Waals surface area contributed by atoms with Crippen molar-refractivity contribution in [1.82, 2.24) is 15.3 Å². The van der Waals surface area contributed by atoms with E-state index in [2.05, 4.69) is 31.2 Å². The molecule has 0 spiro atoms. The number of aromatic hydroxyl groups is 1. The summed E-state index contributed by atoms with van der Waals surface area (Å²) in [6, 6.07) is 8.85. The van der Waals surface area contributed by atoms with E-state index in [1.54, 1.807) is 41.9 Å². The van der Waals surface area contributed by atoms with Crippen LogP contribution in [0.1, 0.15) is 17.3 Å². The van der Waals surface area contributed by atoms with Gasteiger partial charge in [-0.2, -0.15) is 0 Å². The molecule has 1 aromatic carbocycles. The second kappa shape index (κ2) is 8.28. The number of hydrogen-bond acceptors (Lipinski definition) is 6. The Labute approximate surface area is 166 Å². The number of carbonyl (C=O) groups excluding carboxylic acids is 1. The minimum absolute atomic E-state index is 0.0234. The summed E-state index contributed by atoms with van der Waals surface area (Å²) in [7, 11) is 0. The number of thiazole rings is 1.